The molecule has 0 radical (unpaired) electrons. The summed E-state index contributed by atoms with van der Waals surface area (Å²) < 4.78 is 1.84. The Morgan fingerprint density at radius 3 is 2.44 bits per heavy atom. The number of para-hydroxylation sites is 1. The van der Waals surface area contributed by atoms with Gasteiger partial charge in [-0.2, -0.15) is 5.10 Å². The van der Waals surface area contributed by atoms with E-state index in [1.54, 1.807) is 0 Å². The number of rotatable bonds is 3. The number of hydrogen-bond donors (Lipinski definition) is 0. The monoisotopic (exact) mass is 427 g/mol. The Morgan fingerprint density at radius 2 is 1.72 bits per heavy atom. The second-order valence-corrected chi connectivity index (χ2v) is 11.1. The zero-order valence-electron chi connectivity index (χ0n) is 19.9. The lowest BCUT2D eigenvalue weighted by molar-refractivity contribution is 0.0699. The first kappa shape index (κ1) is 21.0. The van der Waals surface area contributed by atoms with Crippen LogP contribution in [-0.2, 0) is 0 Å². The minimum atomic E-state index is 0.0999. The molecule has 2 aromatic carbocycles. The molecule has 1 aliphatic carbocycles. The predicted molar refractivity (Wildman–Crippen MR) is 129 cm³/mol. The van der Waals surface area contributed by atoms with Gasteiger partial charge in [-0.1, -0.05) is 51.1 Å². The van der Waals surface area contributed by atoms with Crippen molar-refractivity contribution in [3.8, 4) is 16.9 Å². The highest BCUT2D eigenvalue weighted by atomic mass is 16.2. The first-order valence-corrected chi connectivity index (χ1v) is 11.7. The van der Waals surface area contributed by atoms with Gasteiger partial charge in [-0.3, -0.25) is 4.79 Å². The van der Waals surface area contributed by atoms with Gasteiger partial charge in [-0.25, -0.2) is 4.68 Å². The number of carbonyl (C=O) groups excluding carboxylic acids is 1. The summed E-state index contributed by atoms with van der Waals surface area (Å²) in [5, 5.41) is 4.91. The number of aromatic nitrogens is 2. The minimum Gasteiger partial charge on any atom is -0.334 e. The van der Waals surface area contributed by atoms with Gasteiger partial charge in [0.2, 0.25) is 0 Å². The Kier molecular flexibility index (Phi) is 4.81. The maximum absolute atomic E-state index is 14.0. The van der Waals surface area contributed by atoms with Crippen molar-refractivity contribution in [2.75, 3.05) is 6.54 Å². The van der Waals surface area contributed by atoms with Crippen molar-refractivity contribution in [1.29, 1.82) is 0 Å². The van der Waals surface area contributed by atoms with Crippen LogP contribution in [-0.4, -0.2) is 33.2 Å². The highest BCUT2D eigenvalue weighted by molar-refractivity contribution is 5.95. The third kappa shape index (κ3) is 3.66. The second-order valence-electron chi connectivity index (χ2n) is 11.1. The molecule has 3 aromatic rings. The predicted octanol–water partition coefficient (Wildman–Crippen LogP) is 6.20. The van der Waals surface area contributed by atoms with E-state index in [0.717, 1.165) is 36.3 Å². The van der Waals surface area contributed by atoms with Gasteiger partial charge in [0.1, 0.15) is 5.69 Å². The second kappa shape index (κ2) is 7.33. The van der Waals surface area contributed by atoms with Gasteiger partial charge in [0.25, 0.3) is 5.91 Å². The van der Waals surface area contributed by atoms with Crippen molar-refractivity contribution < 1.29 is 4.79 Å². The van der Waals surface area contributed by atoms with Gasteiger partial charge in [-0.05, 0) is 79.3 Å². The summed E-state index contributed by atoms with van der Waals surface area (Å²) in [6, 6.07) is 18.7. The highest BCUT2D eigenvalue weighted by Gasteiger charge is 2.51. The van der Waals surface area contributed by atoms with Gasteiger partial charge in [0.15, 0.2) is 0 Å². The van der Waals surface area contributed by atoms with Crippen LogP contribution in [0.15, 0.2) is 54.6 Å². The summed E-state index contributed by atoms with van der Waals surface area (Å²) in [6.45, 7) is 12.1. The van der Waals surface area contributed by atoms with E-state index in [-0.39, 0.29) is 16.7 Å². The van der Waals surface area contributed by atoms with E-state index in [4.69, 9.17) is 5.10 Å². The zero-order chi connectivity index (χ0) is 22.7. The van der Waals surface area contributed by atoms with Crippen LogP contribution in [0.1, 0.15) is 61.6 Å². The molecule has 0 spiro atoms. The number of amides is 1. The summed E-state index contributed by atoms with van der Waals surface area (Å²) in [4.78, 5) is 16.1. The molecule has 2 fully saturated rings. The molecule has 2 atom stereocenters. The molecule has 0 N–H and O–H groups in total. The molecular formula is C28H33N3O. The van der Waals surface area contributed by atoms with Crippen LogP contribution < -0.4 is 0 Å². The Morgan fingerprint density at radius 1 is 0.969 bits per heavy atom. The van der Waals surface area contributed by atoms with Crippen molar-refractivity contribution >= 4 is 5.91 Å². The molecule has 1 aliphatic heterocycles. The third-order valence-corrected chi connectivity index (χ3v) is 7.41. The molecule has 1 saturated heterocycles. The van der Waals surface area contributed by atoms with Gasteiger partial charge in [-0.15, -0.1) is 0 Å². The molecule has 4 nitrogen and oxygen atoms in total. The van der Waals surface area contributed by atoms with Crippen LogP contribution in [0.5, 0.6) is 0 Å². The van der Waals surface area contributed by atoms with E-state index in [1.165, 1.54) is 17.5 Å². The molecule has 4 heteroatoms. The summed E-state index contributed by atoms with van der Waals surface area (Å²) in [5.74, 6) is 0.0999. The van der Waals surface area contributed by atoms with E-state index in [1.807, 2.05) is 41.1 Å². The summed E-state index contributed by atoms with van der Waals surface area (Å²) >= 11 is 0. The molecule has 2 aliphatic rings. The smallest absolute Gasteiger partial charge is 0.272 e. The SMILES string of the molecule is Cc1ccc(-c2cc(C(=O)N3CC4(C)CC3CC(C)(C)C4)n(-c3ccccc3)n2)cc1C. The molecule has 1 saturated carbocycles. The normalized spacial score (nSPS) is 24.0. The van der Waals surface area contributed by atoms with Crippen molar-refractivity contribution in [3.63, 3.8) is 0 Å². The first-order chi connectivity index (χ1) is 15.1. The Balaban J connectivity index is 1.58. The number of benzene rings is 2. The fourth-order valence-electron chi connectivity index (χ4n) is 6.19. The Labute approximate surface area is 191 Å². The van der Waals surface area contributed by atoms with E-state index in [2.05, 4.69) is 57.7 Å². The number of fused-ring (bicyclic) bond motifs is 2. The van der Waals surface area contributed by atoms with Gasteiger partial charge >= 0.3 is 0 Å². The van der Waals surface area contributed by atoms with Crippen molar-refractivity contribution in [2.45, 2.75) is 59.9 Å². The summed E-state index contributed by atoms with van der Waals surface area (Å²) in [5.41, 5.74) is 6.42. The van der Waals surface area contributed by atoms with Gasteiger partial charge in [0, 0.05) is 18.2 Å². The van der Waals surface area contributed by atoms with Crippen molar-refractivity contribution in [1.82, 2.24) is 14.7 Å². The van der Waals surface area contributed by atoms with E-state index < -0.39 is 0 Å². The number of carbonyl (C=O) groups is 1. The summed E-state index contributed by atoms with van der Waals surface area (Å²) in [7, 11) is 0. The summed E-state index contributed by atoms with van der Waals surface area (Å²) in [6.07, 6.45) is 3.34. The van der Waals surface area contributed by atoms with Crippen LogP contribution in [0, 0.1) is 24.7 Å². The van der Waals surface area contributed by atoms with Crippen LogP contribution in [0.3, 0.4) is 0 Å². The molecule has 166 valence electrons. The maximum atomic E-state index is 14.0. The molecular weight excluding hydrogens is 394 g/mol. The lowest BCUT2D eigenvalue weighted by Crippen LogP contribution is -2.38. The standard InChI is InChI=1S/C28H33N3O/c1-19-11-12-21(13-20(19)2)24-14-25(31(29-24)22-9-7-6-8-10-22)26(32)30-18-28(5)16-23(30)15-27(3,4)17-28/h6-14,23H,15-18H2,1-5H3. The fraction of sp³-hybridized carbons (Fsp3) is 0.429. The van der Waals surface area contributed by atoms with Gasteiger partial charge in [0.05, 0.1) is 11.4 Å². The van der Waals surface area contributed by atoms with Gasteiger partial charge < -0.3 is 4.90 Å². The molecule has 2 heterocycles. The van der Waals surface area contributed by atoms with Crippen LogP contribution in [0.4, 0.5) is 0 Å². The Bertz CT molecular complexity index is 1180. The third-order valence-electron chi connectivity index (χ3n) is 7.41. The molecule has 5 rings (SSSR count). The quantitative estimate of drug-likeness (QED) is 0.499. The molecule has 2 bridgehead atoms. The minimum absolute atomic E-state index is 0.0999. The van der Waals surface area contributed by atoms with E-state index in [0.29, 0.717) is 11.7 Å². The van der Waals surface area contributed by atoms with Crippen LogP contribution >= 0.6 is 0 Å². The number of hydrogen-bond acceptors (Lipinski definition) is 2. The van der Waals surface area contributed by atoms with E-state index in [9.17, 15) is 4.79 Å². The van der Waals surface area contributed by atoms with Crippen molar-refractivity contribution in [2.24, 2.45) is 10.8 Å². The van der Waals surface area contributed by atoms with E-state index >= 15 is 0 Å². The molecule has 1 aromatic heterocycles. The topological polar surface area (TPSA) is 38.1 Å². The lowest BCUT2D eigenvalue weighted by Gasteiger charge is -2.39. The largest absolute Gasteiger partial charge is 0.334 e. The first-order valence-electron chi connectivity index (χ1n) is 11.7. The number of aryl methyl sites for hydroxylation is 2. The lowest BCUT2D eigenvalue weighted by atomic mass is 9.65. The molecule has 32 heavy (non-hydrogen) atoms. The molecule has 2 unspecified atom stereocenters. The maximum Gasteiger partial charge on any atom is 0.272 e. The zero-order valence-corrected chi connectivity index (χ0v) is 19.9. The average molecular weight is 428 g/mol. The average Bonchev–Trinajstić information content (AvgIpc) is 3.28. The van der Waals surface area contributed by atoms with Crippen molar-refractivity contribution in [3.05, 3.63) is 71.4 Å². The fourth-order valence-corrected chi connectivity index (χ4v) is 6.19. The highest BCUT2D eigenvalue weighted by Crippen LogP contribution is 2.52. The number of likely N-dealkylation sites (tertiary alicyclic amines) is 1. The van der Waals surface area contributed by atoms with Crippen LogP contribution in [0.2, 0.25) is 0 Å². The van der Waals surface area contributed by atoms with Crippen LogP contribution in [0.25, 0.3) is 16.9 Å². The number of nitrogens with zero attached hydrogens (tertiary/aromatic N) is 3. The molecule has 1 amide bonds. The Hall–Kier alpha value is -2.88.